The summed E-state index contributed by atoms with van der Waals surface area (Å²) < 4.78 is 10.8. The van der Waals surface area contributed by atoms with Crippen molar-refractivity contribution in [2.24, 2.45) is 0 Å². The van der Waals surface area contributed by atoms with E-state index >= 15 is 0 Å². The fourth-order valence-corrected chi connectivity index (χ4v) is 6.79. The van der Waals surface area contributed by atoms with Crippen molar-refractivity contribution in [3.8, 4) is 11.8 Å². The van der Waals surface area contributed by atoms with Gasteiger partial charge in [0, 0.05) is 30.8 Å². The first-order chi connectivity index (χ1) is 21.6. The Balaban J connectivity index is 1.00. The van der Waals surface area contributed by atoms with Crippen LogP contribution in [0.5, 0.6) is 0 Å². The summed E-state index contributed by atoms with van der Waals surface area (Å²) >= 11 is 0. The van der Waals surface area contributed by atoms with E-state index in [4.69, 9.17) is 19.1 Å². The summed E-state index contributed by atoms with van der Waals surface area (Å²) in [6.45, 7) is 2.09. The van der Waals surface area contributed by atoms with Crippen LogP contribution in [0.3, 0.4) is 0 Å². The average Bonchev–Trinajstić information content (AvgIpc) is 3.89. The summed E-state index contributed by atoms with van der Waals surface area (Å²) in [5.74, 6) is 8.23. The molecule has 0 spiro atoms. The Bertz CT molecular complexity index is 1920. The molecule has 3 saturated heterocycles. The van der Waals surface area contributed by atoms with Crippen LogP contribution in [-0.4, -0.2) is 67.4 Å². The number of hydrogen-bond acceptors (Lipinski definition) is 6. The lowest BCUT2D eigenvalue weighted by Gasteiger charge is -2.25. The number of hydrogen-bond donors (Lipinski definition) is 2. The zero-order valence-corrected chi connectivity index (χ0v) is 24.2. The van der Waals surface area contributed by atoms with E-state index < -0.39 is 0 Å². The van der Waals surface area contributed by atoms with Gasteiger partial charge in [0.1, 0.15) is 24.0 Å². The van der Waals surface area contributed by atoms with Crippen LogP contribution in [0, 0.1) is 11.8 Å². The Morgan fingerprint density at radius 3 is 2.02 bits per heavy atom. The number of imidazole rings is 2. The van der Waals surface area contributed by atoms with E-state index in [-0.39, 0.29) is 30.0 Å². The fourth-order valence-electron chi connectivity index (χ4n) is 6.79. The summed E-state index contributed by atoms with van der Waals surface area (Å²) in [6, 6.07) is 13.4. The second kappa shape index (κ2) is 11.0. The van der Waals surface area contributed by atoms with Gasteiger partial charge in [-0.1, -0.05) is 11.8 Å². The van der Waals surface area contributed by atoms with E-state index in [1.807, 2.05) is 46.2 Å². The monoisotopic (exact) mass is 588 g/mol. The molecule has 8 rings (SSSR count). The van der Waals surface area contributed by atoms with Crippen LogP contribution >= 0.6 is 0 Å². The lowest BCUT2D eigenvalue weighted by molar-refractivity contribution is -0.142. The average molecular weight is 589 g/mol. The van der Waals surface area contributed by atoms with Gasteiger partial charge in [0.2, 0.25) is 0 Å². The van der Waals surface area contributed by atoms with E-state index in [0.29, 0.717) is 18.7 Å². The largest absolute Gasteiger partial charge is 0.472 e. The third-order valence-corrected chi connectivity index (χ3v) is 9.01. The lowest BCUT2D eigenvalue weighted by Crippen LogP contribution is -2.38. The molecule has 6 heterocycles. The number of ether oxygens (including phenoxy) is 1. The van der Waals surface area contributed by atoms with Crippen LogP contribution in [0.4, 0.5) is 0 Å². The maximum atomic E-state index is 13.1. The number of aromatic amines is 2. The molecule has 1 unspecified atom stereocenters. The predicted octanol–water partition coefficient (Wildman–Crippen LogP) is 5.25. The number of rotatable bonds is 4. The van der Waals surface area contributed by atoms with Crippen LogP contribution in [0.15, 0.2) is 59.4 Å². The van der Waals surface area contributed by atoms with Crippen LogP contribution in [0.2, 0.25) is 0 Å². The second-order valence-corrected chi connectivity index (χ2v) is 11.8. The van der Waals surface area contributed by atoms with Crippen molar-refractivity contribution in [3.63, 3.8) is 0 Å². The van der Waals surface area contributed by atoms with Crippen LogP contribution in [0.1, 0.15) is 83.7 Å². The number of H-pyrrole nitrogens is 2. The highest BCUT2D eigenvalue weighted by atomic mass is 16.5. The zero-order valence-electron chi connectivity index (χ0n) is 24.2. The summed E-state index contributed by atoms with van der Waals surface area (Å²) in [5.41, 5.74) is 5.80. The minimum Gasteiger partial charge on any atom is -0.472 e. The number of likely N-dealkylation sites (tertiary alicyclic amines) is 2. The van der Waals surface area contributed by atoms with Gasteiger partial charge in [-0.3, -0.25) is 9.59 Å². The highest BCUT2D eigenvalue weighted by Crippen LogP contribution is 2.34. The molecule has 2 amide bonds. The Hall–Kier alpha value is -4.88. The number of aromatic nitrogens is 4. The molecule has 5 aromatic rings. The maximum absolute atomic E-state index is 13.1. The Morgan fingerprint density at radius 2 is 1.43 bits per heavy atom. The molecular weight excluding hydrogens is 556 g/mol. The number of nitrogens with zero attached hydrogens (tertiary/aromatic N) is 4. The Kier molecular flexibility index (Phi) is 6.68. The smallest absolute Gasteiger partial charge is 0.257 e. The van der Waals surface area contributed by atoms with Gasteiger partial charge in [-0.15, -0.1) is 0 Å². The number of fused-ring (bicyclic) bond motifs is 2. The Morgan fingerprint density at radius 1 is 0.795 bits per heavy atom. The topological polar surface area (TPSA) is 120 Å². The van der Waals surface area contributed by atoms with Gasteiger partial charge in [0.15, 0.2) is 0 Å². The molecule has 44 heavy (non-hydrogen) atoms. The van der Waals surface area contributed by atoms with Crippen LogP contribution in [0.25, 0.3) is 22.1 Å². The molecule has 10 heteroatoms. The number of furan rings is 1. The molecule has 2 N–H and O–H groups in total. The van der Waals surface area contributed by atoms with Gasteiger partial charge in [0.25, 0.3) is 11.8 Å². The molecule has 2 aromatic carbocycles. The normalized spacial score (nSPS) is 21.8. The van der Waals surface area contributed by atoms with Gasteiger partial charge in [0.05, 0.1) is 46.0 Å². The van der Waals surface area contributed by atoms with E-state index in [0.717, 1.165) is 89.9 Å². The molecule has 0 saturated carbocycles. The first-order valence-electron chi connectivity index (χ1n) is 15.4. The van der Waals surface area contributed by atoms with E-state index in [1.54, 1.807) is 6.07 Å². The predicted molar refractivity (Wildman–Crippen MR) is 163 cm³/mol. The van der Waals surface area contributed by atoms with Gasteiger partial charge < -0.3 is 28.9 Å². The molecule has 10 nitrogen and oxygen atoms in total. The standard InChI is InChI=1S/C34H32N6O4/c41-33(23-13-17-43-20-23)39-14-1-4-28(39)31-35-24-11-9-21(18-26(24)37-31)7-8-22-10-12-25-27(19-22)38-32(36-25)29-5-2-15-40(29)34(42)30-6-3-16-44-30/h9-13,17-20,28-30H,1-6,14-16H2,(H,35,37)(H,36,38)/t28-,29?,30-/m0/s1. The van der Waals surface area contributed by atoms with E-state index in [9.17, 15) is 9.59 Å². The van der Waals surface area contributed by atoms with E-state index in [2.05, 4.69) is 21.8 Å². The third kappa shape index (κ3) is 4.83. The fraction of sp³-hybridized carbons (Fsp3) is 0.353. The molecule has 0 bridgehead atoms. The molecule has 0 aliphatic carbocycles. The number of carbonyl (C=O) groups is 2. The highest BCUT2D eigenvalue weighted by Gasteiger charge is 2.37. The maximum Gasteiger partial charge on any atom is 0.257 e. The molecule has 222 valence electrons. The minimum atomic E-state index is -0.316. The van der Waals surface area contributed by atoms with Gasteiger partial charge in [-0.25, -0.2) is 9.97 Å². The van der Waals surface area contributed by atoms with Gasteiger partial charge in [-0.05, 0) is 81.0 Å². The molecule has 3 aromatic heterocycles. The molecule has 0 radical (unpaired) electrons. The zero-order chi connectivity index (χ0) is 29.6. The van der Waals surface area contributed by atoms with Crippen molar-refractivity contribution in [1.82, 2.24) is 29.7 Å². The number of nitrogens with one attached hydrogen (secondary N) is 2. The van der Waals surface area contributed by atoms with Crippen molar-refractivity contribution in [2.75, 3.05) is 19.7 Å². The summed E-state index contributed by atoms with van der Waals surface area (Å²) in [7, 11) is 0. The van der Waals surface area contributed by atoms with E-state index in [1.165, 1.54) is 12.5 Å². The SMILES string of the molecule is O=C([C@@H]1CCCO1)N1CCCC1c1nc2ccc(C#Cc3ccc4nc([C@@H]5CCCN5C(=O)c5ccoc5)[nH]c4c3)cc2[nH]1. The van der Waals surface area contributed by atoms with Crippen molar-refractivity contribution in [1.29, 1.82) is 0 Å². The quantitative estimate of drug-likeness (QED) is 0.277. The summed E-state index contributed by atoms with van der Waals surface area (Å²) in [5, 5.41) is 0. The van der Waals surface area contributed by atoms with Gasteiger partial charge in [-0.2, -0.15) is 0 Å². The molecule has 3 fully saturated rings. The third-order valence-electron chi connectivity index (χ3n) is 9.01. The Labute approximate surface area is 253 Å². The molecule has 3 atom stereocenters. The summed E-state index contributed by atoms with van der Waals surface area (Å²) in [6.07, 6.45) is 8.07. The minimum absolute atomic E-state index is 0.0395. The molecule has 3 aliphatic rings. The number of carbonyl (C=O) groups excluding carboxylic acids is 2. The summed E-state index contributed by atoms with van der Waals surface area (Å²) in [4.78, 5) is 46.4. The number of benzene rings is 2. The van der Waals surface area contributed by atoms with Crippen LogP contribution < -0.4 is 0 Å². The van der Waals surface area contributed by atoms with Crippen molar-refractivity contribution in [3.05, 3.63) is 83.3 Å². The first-order valence-corrected chi connectivity index (χ1v) is 15.4. The molecule has 3 aliphatic heterocycles. The van der Waals surface area contributed by atoms with Gasteiger partial charge >= 0.3 is 0 Å². The van der Waals surface area contributed by atoms with Crippen molar-refractivity contribution < 1.29 is 18.7 Å². The lowest BCUT2D eigenvalue weighted by atomic mass is 10.1. The van der Waals surface area contributed by atoms with Crippen molar-refractivity contribution >= 4 is 33.9 Å². The highest BCUT2D eigenvalue weighted by molar-refractivity contribution is 5.94. The van der Waals surface area contributed by atoms with Crippen molar-refractivity contribution in [2.45, 2.75) is 56.7 Å². The van der Waals surface area contributed by atoms with Crippen LogP contribution in [-0.2, 0) is 9.53 Å². The first kappa shape index (κ1) is 26.7. The number of amides is 2. The second-order valence-electron chi connectivity index (χ2n) is 11.8. The molecular formula is C34H32N6O4.